The summed E-state index contributed by atoms with van der Waals surface area (Å²) in [4.78, 5) is 4.15. The summed E-state index contributed by atoms with van der Waals surface area (Å²) in [5.74, 6) is 0.204. The maximum Gasteiger partial charge on any atom is 0.124 e. The van der Waals surface area contributed by atoms with Gasteiger partial charge in [0.1, 0.15) is 5.75 Å². The molecule has 2 aromatic rings. The Morgan fingerprint density at radius 1 is 1.43 bits per heavy atom. The van der Waals surface area contributed by atoms with Crippen LogP contribution in [0.15, 0.2) is 30.5 Å². The van der Waals surface area contributed by atoms with Gasteiger partial charge in [0.15, 0.2) is 0 Å². The molecule has 2 rings (SSSR count). The van der Waals surface area contributed by atoms with Gasteiger partial charge in [-0.3, -0.25) is 4.98 Å². The summed E-state index contributed by atoms with van der Waals surface area (Å²) in [6.07, 6.45) is 1.97. The molecule has 0 aliphatic rings. The molecule has 0 radical (unpaired) electrons. The van der Waals surface area contributed by atoms with Crippen LogP contribution in [0.5, 0.6) is 5.75 Å². The fourth-order valence-corrected chi connectivity index (χ4v) is 1.36. The zero-order chi connectivity index (χ0) is 9.97. The van der Waals surface area contributed by atoms with Crippen LogP contribution >= 0.6 is 0 Å². The van der Waals surface area contributed by atoms with Crippen molar-refractivity contribution >= 4 is 10.9 Å². The molecule has 0 aliphatic carbocycles. The molecule has 0 spiro atoms. The van der Waals surface area contributed by atoms with Crippen LogP contribution in [0, 0.1) is 11.3 Å². The van der Waals surface area contributed by atoms with Gasteiger partial charge in [0, 0.05) is 11.6 Å². The number of nitriles is 1. The van der Waals surface area contributed by atoms with Crippen LogP contribution in [0.1, 0.15) is 5.56 Å². The molecule has 0 fully saturated rings. The second kappa shape index (κ2) is 3.35. The van der Waals surface area contributed by atoms with Gasteiger partial charge in [-0.05, 0) is 23.8 Å². The molecule has 3 nitrogen and oxygen atoms in total. The summed E-state index contributed by atoms with van der Waals surface area (Å²) in [7, 11) is 0. The van der Waals surface area contributed by atoms with E-state index in [1.807, 2.05) is 12.1 Å². The van der Waals surface area contributed by atoms with Gasteiger partial charge < -0.3 is 5.11 Å². The number of rotatable bonds is 1. The lowest BCUT2D eigenvalue weighted by Crippen LogP contribution is -1.85. The van der Waals surface area contributed by atoms with Crippen molar-refractivity contribution in [3.05, 3.63) is 36.0 Å². The van der Waals surface area contributed by atoms with E-state index in [0.717, 1.165) is 11.1 Å². The zero-order valence-corrected chi connectivity index (χ0v) is 7.44. The van der Waals surface area contributed by atoms with Gasteiger partial charge in [-0.15, -0.1) is 0 Å². The van der Waals surface area contributed by atoms with E-state index in [-0.39, 0.29) is 5.75 Å². The molecule has 0 bridgehead atoms. The molecule has 1 N–H and O–H groups in total. The predicted octanol–water partition coefficient (Wildman–Crippen LogP) is 2.01. The average molecular weight is 184 g/mol. The Labute approximate surface area is 81.2 Å². The molecule has 14 heavy (non-hydrogen) atoms. The van der Waals surface area contributed by atoms with E-state index in [1.165, 1.54) is 0 Å². The van der Waals surface area contributed by atoms with Crippen LogP contribution in [-0.4, -0.2) is 10.1 Å². The van der Waals surface area contributed by atoms with Crippen molar-refractivity contribution in [2.75, 3.05) is 0 Å². The first-order valence-corrected chi connectivity index (χ1v) is 4.25. The van der Waals surface area contributed by atoms with Crippen molar-refractivity contribution in [1.29, 1.82) is 5.26 Å². The summed E-state index contributed by atoms with van der Waals surface area (Å²) < 4.78 is 0. The molecule has 1 heterocycles. The number of nitrogens with zero attached hydrogens (tertiary/aromatic N) is 2. The molecular formula is C11H8N2O. The minimum atomic E-state index is 0.204. The van der Waals surface area contributed by atoms with Crippen LogP contribution in [0.2, 0.25) is 0 Å². The third-order valence-corrected chi connectivity index (χ3v) is 2.04. The van der Waals surface area contributed by atoms with Gasteiger partial charge >= 0.3 is 0 Å². The summed E-state index contributed by atoms with van der Waals surface area (Å²) >= 11 is 0. The van der Waals surface area contributed by atoms with E-state index in [2.05, 4.69) is 4.98 Å². The van der Waals surface area contributed by atoms with E-state index in [0.29, 0.717) is 11.8 Å². The zero-order valence-electron chi connectivity index (χ0n) is 7.44. The molecule has 1 aromatic carbocycles. The Hall–Kier alpha value is -2.08. The highest BCUT2D eigenvalue weighted by molar-refractivity contribution is 5.85. The number of aromatic nitrogens is 1. The number of hydrogen-bond acceptors (Lipinski definition) is 3. The topological polar surface area (TPSA) is 56.9 Å². The van der Waals surface area contributed by atoms with Gasteiger partial charge in [0.25, 0.3) is 0 Å². The summed E-state index contributed by atoms with van der Waals surface area (Å²) in [5, 5.41) is 18.8. The quantitative estimate of drug-likeness (QED) is 0.737. The number of benzene rings is 1. The van der Waals surface area contributed by atoms with Crippen LogP contribution in [0.4, 0.5) is 0 Å². The Bertz CT molecular complexity index is 514. The summed E-state index contributed by atoms with van der Waals surface area (Å²) in [5.41, 5.74) is 1.56. The van der Waals surface area contributed by atoms with Gasteiger partial charge in [-0.1, -0.05) is 6.07 Å². The Morgan fingerprint density at radius 2 is 2.29 bits per heavy atom. The standard InChI is InChI=1S/C11H8N2O/c12-5-4-8-6-9-10(13-7-8)2-1-3-11(9)14/h1-3,6-7,14H,4H2. The maximum absolute atomic E-state index is 9.54. The largest absolute Gasteiger partial charge is 0.507 e. The second-order valence-electron chi connectivity index (χ2n) is 3.02. The fourth-order valence-electron chi connectivity index (χ4n) is 1.36. The summed E-state index contributed by atoms with van der Waals surface area (Å²) in [6.45, 7) is 0. The van der Waals surface area contributed by atoms with E-state index >= 15 is 0 Å². The molecular weight excluding hydrogens is 176 g/mol. The smallest absolute Gasteiger partial charge is 0.124 e. The minimum Gasteiger partial charge on any atom is -0.507 e. The van der Waals surface area contributed by atoms with Gasteiger partial charge in [-0.25, -0.2) is 0 Å². The average Bonchev–Trinajstić information content (AvgIpc) is 2.20. The molecule has 3 heteroatoms. The molecule has 0 saturated heterocycles. The SMILES string of the molecule is N#CCc1cnc2cccc(O)c2c1. The van der Waals surface area contributed by atoms with Crippen molar-refractivity contribution in [2.24, 2.45) is 0 Å². The molecule has 0 atom stereocenters. The van der Waals surface area contributed by atoms with Crippen LogP contribution in [-0.2, 0) is 6.42 Å². The molecule has 68 valence electrons. The van der Waals surface area contributed by atoms with Crippen molar-refractivity contribution in [3.8, 4) is 11.8 Å². The van der Waals surface area contributed by atoms with Crippen LogP contribution < -0.4 is 0 Å². The van der Waals surface area contributed by atoms with Gasteiger partial charge in [0.2, 0.25) is 0 Å². The van der Waals surface area contributed by atoms with E-state index in [1.54, 1.807) is 24.4 Å². The van der Waals surface area contributed by atoms with E-state index in [9.17, 15) is 5.11 Å². The Morgan fingerprint density at radius 3 is 3.07 bits per heavy atom. The predicted molar refractivity (Wildman–Crippen MR) is 52.7 cm³/mol. The van der Waals surface area contributed by atoms with Gasteiger partial charge in [0.05, 0.1) is 18.0 Å². The van der Waals surface area contributed by atoms with Crippen molar-refractivity contribution in [1.82, 2.24) is 4.98 Å². The Balaban J connectivity index is 2.65. The monoisotopic (exact) mass is 184 g/mol. The lowest BCUT2D eigenvalue weighted by Gasteiger charge is -2.01. The number of aromatic hydroxyl groups is 1. The highest BCUT2D eigenvalue weighted by atomic mass is 16.3. The maximum atomic E-state index is 9.54. The van der Waals surface area contributed by atoms with Crippen molar-refractivity contribution in [2.45, 2.75) is 6.42 Å². The van der Waals surface area contributed by atoms with Crippen LogP contribution in [0.25, 0.3) is 10.9 Å². The van der Waals surface area contributed by atoms with Crippen molar-refractivity contribution in [3.63, 3.8) is 0 Å². The number of hydrogen-bond donors (Lipinski definition) is 1. The first-order chi connectivity index (χ1) is 6.81. The van der Waals surface area contributed by atoms with E-state index in [4.69, 9.17) is 5.26 Å². The molecule has 0 saturated carbocycles. The lowest BCUT2D eigenvalue weighted by atomic mass is 10.1. The highest BCUT2D eigenvalue weighted by Crippen LogP contribution is 2.23. The number of phenolic OH excluding ortho intramolecular Hbond substituents is 1. The number of phenols is 1. The second-order valence-corrected chi connectivity index (χ2v) is 3.02. The third-order valence-electron chi connectivity index (χ3n) is 2.04. The molecule has 0 amide bonds. The van der Waals surface area contributed by atoms with Crippen molar-refractivity contribution < 1.29 is 5.11 Å². The molecule has 0 unspecified atom stereocenters. The highest BCUT2D eigenvalue weighted by Gasteiger charge is 2.01. The summed E-state index contributed by atoms with van der Waals surface area (Å²) in [6, 6.07) is 9.02. The normalized spacial score (nSPS) is 9.93. The third kappa shape index (κ3) is 1.38. The minimum absolute atomic E-state index is 0.204. The first-order valence-electron chi connectivity index (χ1n) is 4.25. The molecule has 1 aromatic heterocycles. The number of pyridine rings is 1. The Kier molecular flexibility index (Phi) is 2.04. The van der Waals surface area contributed by atoms with E-state index < -0.39 is 0 Å². The van der Waals surface area contributed by atoms with Gasteiger partial charge in [-0.2, -0.15) is 5.26 Å². The number of fused-ring (bicyclic) bond motifs is 1. The fraction of sp³-hybridized carbons (Fsp3) is 0.0909. The lowest BCUT2D eigenvalue weighted by molar-refractivity contribution is 0.481. The molecule has 0 aliphatic heterocycles. The van der Waals surface area contributed by atoms with Crippen LogP contribution in [0.3, 0.4) is 0 Å². The first kappa shape index (κ1) is 8.52.